The Labute approximate surface area is 140 Å². The first-order valence-electron chi connectivity index (χ1n) is 8.39. The second-order valence-corrected chi connectivity index (χ2v) is 6.88. The minimum absolute atomic E-state index is 0.0380. The van der Waals surface area contributed by atoms with Crippen molar-refractivity contribution in [3.63, 3.8) is 0 Å². The van der Waals surface area contributed by atoms with Gasteiger partial charge < -0.3 is 14.5 Å². The number of amides is 1. The maximum absolute atomic E-state index is 12.4. The largest absolute Gasteiger partial charge is 0.326 e. The molecule has 0 bridgehead atoms. The smallest absolute Gasteiger partial charge is 0.316 e. The minimum Gasteiger partial charge on any atom is -0.326 e. The molecule has 0 unspecified atom stereocenters. The third-order valence-electron chi connectivity index (χ3n) is 5.14. The summed E-state index contributed by atoms with van der Waals surface area (Å²) in [6.07, 6.45) is 4.03. The highest BCUT2D eigenvalue weighted by molar-refractivity contribution is 5.94. The van der Waals surface area contributed by atoms with Crippen LogP contribution < -0.4 is 16.4 Å². The van der Waals surface area contributed by atoms with Crippen LogP contribution in [0.25, 0.3) is 11.0 Å². The third-order valence-corrected chi connectivity index (χ3v) is 5.14. The molecule has 2 aromatic rings. The van der Waals surface area contributed by atoms with Gasteiger partial charge in [-0.25, -0.2) is 0 Å². The first kappa shape index (κ1) is 16.5. The van der Waals surface area contributed by atoms with Gasteiger partial charge in [0, 0.05) is 25.7 Å². The molecule has 1 aromatic heterocycles. The van der Waals surface area contributed by atoms with Gasteiger partial charge in [0.25, 0.3) is 0 Å². The zero-order valence-electron chi connectivity index (χ0n) is 14.3. The van der Waals surface area contributed by atoms with Gasteiger partial charge in [-0.05, 0) is 49.8 Å². The van der Waals surface area contributed by atoms with E-state index in [-0.39, 0.29) is 11.8 Å². The van der Waals surface area contributed by atoms with Crippen LogP contribution in [-0.2, 0) is 18.9 Å². The summed E-state index contributed by atoms with van der Waals surface area (Å²) in [6, 6.07) is 5.28. The summed E-state index contributed by atoms with van der Waals surface area (Å²) in [7, 11) is 3.15. The third kappa shape index (κ3) is 2.88. The molecule has 1 aliphatic carbocycles. The van der Waals surface area contributed by atoms with E-state index < -0.39 is 11.1 Å². The van der Waals surface area contributed by atoms with E-state index in [1.165, 1.54) is 9.13 Å². The van der Waals surface area contributed by atoms with Gasteiger partial charge in [-0.3, -0.25) is 14.4 Å². The second-order valence-electron chi connectivity index (χ2n) is 6.88. The Morgan fingerprint density at radius 1 is 1.00 bits per heavy atom. The zero-order valence-corrected chi connectivity index (χ0v) is 14.3. The highest BCUT2D eigenvalue weighted by Crippen LogP contribution is 2.29. The number of nitrogens with zero attached hydrogens (tertiary/aromatic N) is 2. The average Bonchev–Trinajstić information content (AvgIpc) is 2.58. The molecule has 3 rings (SSSR count). The molecule has 1 heterocycles. The number of hydrogen-bond donors (Lipinski definition) is 1. The van der Waals surface area contributed by atoms with Crippen molar-refractivity contribution < 1.29 is 4.79 Å². The number of rotatable bonds is 2. The molecule has 0 radical (unpaired) electrons. The van der Waals surface area contributed by atoms with E-state index in [9.17, 15) is 14.4 Å². The van der Waals surface area contributed by atoms with Crippen molar-refractivity contribution in [3.8, 4) is 0 Å². The van der Waals surface area contributed by atoms with Gasteiger partial charge in [0.2, 0.25) is 5.91 Å². The predicted octanol–water partition coefficient (Wildman–Crippen LogP) is 2.00. The first-order valence-corrected chi connectivity index (χ1v) is 8.39. The van der Waals surface area contributed by atoms with Crippen molar-refractivity contribution in [2.45, 2.75) is 32.6 Å². The first-order chi connectivity index (χ1) is 11.4. The number of hydrogen-bond acceptors (Lipinski definition) is 3. The molecule has 24 heavy (non-hydrogen) atoms. The molecule has 6 heteroatoms. The number of anilines is 1. The van der Waals surface area contributed by atoms with Gasteiger partial charge in [0.05, 0.1) is 11.0 Å². The molecule has 0 saturated heterocycles. The number of carbonyl (C=O) groups is 1. The average molecular weight is 329 g/mol. The Morgan fingerprint density at radius 2 is 1.58 bits per heavy atom. The number of benzene rings is 1. The molecule has 6 nitrogen and oxygen atoms in total. The summed E-state index contributed by atoms with van der Waals surface area (Å²) in [6.45, 7) is 2.22. The van der Waals surface area contributed by atoms with Crippen molar-refractivity contribution in [1.29, 1.82) is 0 Å². The quantitative estimate of drug-likeness (QED) is 0.857. The van der Waals surface area contributed by atoms with Crippen LogP contribution in [0, 0.1) is 11.8 Å². The molecule has 1 N–H and O–H groups in total. The van der Waals surface area contributed by atoms with Crippen LogP contribution in [-0.4, -0.2) is 15.0 Å². The molecule has 1 amide bonds. The van der Waals surface area contributed by atoms with Crippen LogP contribution in [0.3, 0.4) is 0 Å². The molecule has 1 fully saturated rings. The van der Waals surface area contributed by atoms with Gasteiger partial charge in [-0.1, -0.05) is 6.92 Å². The molecule has 0 atom stereocenters. The monoisotopic (exact) mass is 329 g/mol. The predicted molar refractivity (Wildman–Crippen MR) is 94.2 cm³/mol. The maximum Gasteiger partial charge on any atom is 0.316 e. The standard InChI is InChI=1S/C18H23N3O3/c1-11-4-6-12(7-5-11)16(22)19-13-8-9-14-15(10-13)21(3)18(24)17(23)20(14)2/h8-12H,4-7H2,1-3H3,(H,19,22). The molecular weight excluding hydrogens is 306 g/mol. The van der Waals surface area contributed by atoms with E-state index in [4.69, 9.17) is 0 Å². The number of nitrogens with one attached hydrogen (secondary N) is 1. The Morgan fingerprint density at radius 3 is 2.21 bits per heavy atom. The number of fused-ring (bicyclic) bond motifs is 1. The fraction of sp³-hybridized carbons (Fsp3) is 0.500. The number of aromatic nitrogens is 2. The van der Waals surface area contributed by atoms with E-state index in [0.29, 0.717) is 22.6 Å². The van der Waals surface area contributed by atoms with Gasteiger partial charge in [0.15, 0.2) is 0 Å². The zero-order chi connectivity index (χ0) is 17.4. The SMILES string of the molecule is CC1CCC(C(=O)Nc2ccc3c(c2)n(C)c(=O)c(=O)n3C)CC1. The lowest BCUT2D eigenvalue weighted by molar-refractivity contribution is -0.121. The maximum atomic E-state index is 12.4. The van der Waals surface area contributed by atoms with Crippen molar-refractivity contribution in [1.82, 2.24) is 9.13 Å². The highest BCUT2D eigenvalue weighted by Gasteiger charge is 2.24. The van der Waals surface area contributed by atoms with Crippen molar-refractivity contribution in [2.24, 2.45) is 25.9 Å². The number of carbonyl (C=O) groups excluding carboxylic acids is 1. The summed E-state index contributed by atoms with van der Waals surface area (Å²) in [5, 5.41) is 2.96. The van der Waals surface area contributed by atoms with Gasteiger partial charge >= 0.3 is 11.1 Å². The Hall–Kier alpha value is -2.37. The van der Waals surface area contributed by atoms with E-state index >= 15 is 0 Å². The van der Waals surface area contributed by atoms with Gasteiger partial charge in [0.1, 0.15) is 0 Å². The lowest BCUT2D eigenvalue weighted by atomic mass is 9.82. The van der Waals surface area contributed by atoms with Gasteiger partial charge in [-0.2, -0.15) is 0 Å². The van der Waals surface area contributed by atoms with Crippen LogP contribution in [0.5, 0.6) is 0 Å². The minimum atomic E-state index is -0.574. The fourth-order valence-electron chi connectivity index (χ4n) is 3.43. The van der Waals surface area contributed by atoms with Crippen LogP contribution in [0.1, 0.15) is 32.6 Å². The van der Waals surface area contributed by atoms with Crippen LogP contribution in [0.15, 0.2) is 27.8 Å². The molecule has 1 aliphatic rings. The van der Waals surface area contributed by atoms with E-state index in [2.05, 4.69) is 12.2 Å². The Kier molecular flexibility index (Phi) is 4.30. The Balaban J connectivity index is 1.90. The summed E-state index contributed by atoms with van der Waals surface area (Å²) >= 11 is 0. The van der Waals surface area contributed by atoms with E-state index in [1.54, 1.807) is 32.3 Å². The molecule has 0 aliphatic heterocycles. The van der Waals surface area contributed by atoms with E-state index in [1.807, 2.05) is 0 Å². The summed E-state index contributed by atoms with van der Waals surface area (Å²) in [5.41, 5.74) is 0.802. The summed E-state index contributed by atoms with van der Waals surface area (Å²) in [4.78, 5) is 36.3. The molecule has 1 aromatic carbocycles. The Bertz CT molecular complexity index is 902. The molecule has 1 saturated carbocycles. The van der Waals surface area contributed by atoms with Crippen LogP contribution >= 0.6 is 0 Å². The lowest BCUT2D eigenvalue weighted by Crippen LogP contribution is -2.39. The molecular formula is C18H23N3O3. The van der Waals surface area contributed by atoms with Crippen LogP contribution in [0.4, 0.5) is 5.69 Å². The van der Waals surface area contributed by atoms with Crippen molar-refractivity contribution in [3.05, 3.63) is 38.9 Å². The fourth-order valence-corrected chi connectivity index (χ4v) is 3.43. The second kappa shape index (κ2) is 6.26. The normalized spacial score (nSPS) is 21.0. The van der Waals surface area contributed by atoms with Gasteiger partial charge in [-0.15, -0.1) is 0 Å². The van der Waals surface area contributed by atoms with E-state index in [0.717, 1.165) is 25.7 Å². The lowest BCUT2D eigenvalue weighted by Gasteiger charge is -2.25. The topological polar surface area (TPSA) is 73.1 Å². The van der Waals surface area contributed by atoms with Crippen molar-refractivity contribution in [2.75, 3.05) is 5.32 Å². The summed E-state index contributed by atoms with van der Waals surface area (Å²) in [5.74, 6) is 0.794. The highest BCUT2D eigenvalue weighted by atomic mass is 16.2. The molecule has 0 spiro atoms. The van der Waals surface area contributed by atoms with Crippen LogP contribution in [0.2, 0.25) is 0 Å². The molecule has 128 valence electrons. The number of aryl methyl sites for hydroxylation is 2. The van der Waals surface area contributed by atoms with Crippen molar-refractivity contribution >= 4 is 22.6 Å². The summed E-state index contributed by atoms with van der Waals surface area (Å²) < 4.78 is 2.67.